The fourth-order valence-electron chi connectivity index (χ4n) is 1.16. The lowest BCUT2D eigenvalue weighted by Gasteiger charge is -2.16. The highest BCUT2D eigenvalue weighted by Gasteiger charge is 2.24. The molecule has 0 heterocycles. The van der Waals surface area contributed by atoms with Crippen molar-refractivity contribution in [3.63, 3.8) is 0 Å². The van der Waals surface area contributed by atoms with Crippen molar-refractivity contribution in [1.29, 1.82) is 0 Å². The zero-order valence-corrected chi connectivity index (χ0v) is 12.0. The van der Waals surface area contributed by atoms with Gasteiger partial charge in [0, 0.05) is 16.9 Å². The summed E-state index contributed by atoms with van der Waals surface area (Å²) < 4.78 is 22.5. The summed E-state index contributed by atoms with van der Waals surface area (Å²) in [6, 6.07) is 7.27. The Bertz CT molecular complexity index is 473. The second kappa shape index (κ2) is 6.09. The van der Waals surface area contributed by atoms with E-state index in [1.165, 1.54) is 18.7 Å². The summed E-state index contributed by atoms with van der Waals surface area (Å²) in [5.74, 6) is 0.304. The van der Waals surface area contributed by atoms with Crippen LogP contribution in [0.2, 0.25) is 5.02 Å². The molecule has 17 heavy (non-hydrogen) atoms. The Hall–Kier alpha value is -0.230. The molecule has 0 aliphatic rings. The molecule has 96 valence electrons. The number of aliphatic hydroxyl groups is 1. The number of hydrogen-bond acceptors (Lipinski definition) is 4. The molecule has 3 nitrogen and oxygen atoms in total. The highest BCUT2D eigenvalue weighted by molar-refractivity contribution is 7.99. The Morgan fingerprint density at radius 3 is 2.53 bits per heavy atom. The smallest absolute Gasteiger partial charge is 0.152 e. The van der Waals surface area contributed by atoms with E-state index < -0.39 is 21.2 Å². The van der Waals surface area contributed by atoms with Gasteiger partial charge in [-0.2, -0.15) is 0 Å². The summed E-state index contributed by atoms with van der Waals surface area (Å²) in [5.41, 5.74) is 0. The summed E-state index contributed by atoms with van der Waals surface area (Å²) in [6.45, 7) is 1.51. The summed E-state index contributed by atoms with van der Waals surface area (Å²) in [5, 5.41) is 9.60. The SMILES string of the molecule is CC(C(O)CSc1ccccc1Cl)S(C)(=O)=O. The number of halogens is 1. The first-order valence-electron chi connectivity index (χ1n) is 5.06. The Morgan fingerprint density at radius 1 is 1.41 bits per heavy atom. The van der Waals surface area contributed by atoms with Crippen molar-refractivity contribution in [3.05, 3.63) is 29.3 Å². The highest BCUT2D eigenvalue weighted by Crippen LogP contribution is 2.27. The molecule has 0 saturated carbocycles. The van der Waals surface area contributed by atoms with Crippen LogP contribution in [0.5, 0.6) is 0 Å². The first kappa shape index (κ1) is 14.8. The van der Waals surface area contributed by atoms with Gasteiger partial charge < -0.3 is 5.11 Å². The van der Waals surface area contributed by atoms with Gasteiger partial charge in [-0.1, -0.05) is 23.7 Å². The molecule has 1 rings (SSSR count). The van der Waals surface area contributed by atoms with E-state index in [0.29, 0.717) is 10.8 Å². The number of rotatable bonds is 5. The minimum atomic E-state index is -3.21. The van der Waals surface area contributed by atoms with Crippen LogP contribution in [0.4, 0.5) is 0 Å². The predicted octanol–water partition coefficient (Wildman–Crippen LogP) is 2.23. The standard InChI is InChI=1S/C11H15ClO3S2/c1-8(17(2,14)15)10(13)7-16-11-6-4-3-5-9(11)12/h3-6,8,10,13H,7H2,1-2H3. The van der Waals surface area contributed by atoms with Crippen LogP contribution in [0.15, 0.2) is 29.2 Å². The lowest BCUT2D eigenvalue weighted by Crippen LogP contribution is -2.32. The first-order valence-corrected chi connectivity index (χ1v) is 8.38. The van der Waals surface area contributed by atoms with Crippen LogP contribution in [0.3, 0.4) is 0 Å². The summed E-state index contributed by atoms with van der Waals surface area (Å²) in [6.07, 6.45) is 0.229. The maximum atomic E-state index is 11.3. The maximum Gasteiger partial charge on any atom is 0.152 e. The van der Waals surface area contributed by atoms with Gasteiger partial charge in [0.15, 0.2) is 9.84 Å². The molecular weight excluding hydrogens is 280 g/mol. The van der Waals surface area contributed by atoms with E-state index in [4.69, 9.17) is 11.6 Å². The Balaban J connectivity index is 2.60. The average molecular weight is 295 g/mol. The summed E-state index contributed by atoms with van der Waals surface area (Å²) in [4.78, 5) is 0.842. The second-order valence-electron chi connectivity index (χ2n) is 3.84. The number of hydrogen-bond donors (Lipinski definition) is 1. The summed E-state index contributed by atoms with van der Waals surface area (Å²) >= 11 is 7.31. The molecule has 0 bridgehead atoms. The molecule has 0 aromatic heterocycles. The molecule has 0 fully saturated rings. The molecule has 2 unspecified atom stereocenters. The molecule has 1 aromatic rings. The van der Waals surface area contributed by atoms with Crippen LogP contribution in [0, 0.1) is 0 Å². The molecule has 0 spiro atoms. The third-order valence-electron chi connectivity index (χ3n) is 2.46. The van der Waals surface area contributed by atoms with Crippen molar-refractivity contribution in [3.8, 4) is 0 Å². The highest BCUT2D eigenvalue weighted by atomic mass is 35.5. The van der Waals surface area contributed by atoms with Crippen molar-refractivity contribution in [1.82, 2.24) is 0 Å². The molecule has 6 heteroatoms. The molecule has 0 saturated heterocycles. The quantitative estimate of drug-likeness (QED) is 0.846. The van der Waals surface area contributed by atoms with Crippen molar-refractivity contribution >= 4 is 33.2 Å². The van der Waals surface area contributed by atoms with E-state index in [1.807, 2.05) is 18.2 Å². The zero-order chi connectivity index (χ0) is 13.1. The Labute approximate surface area is 111 Å². The van der Waals surface area contributed by atoms with Gasteiger partial charge in [-0.05, 0) is 19.1 Å². The van der Waals surface area contributed by atoms with E-state index in [-0.39, 0.29) is 0 Å². The molecule has 1 aromatic carbocycles. The van der Waals surface area contributed by atoms with Crippen molar-refractivity contribution in [2.24, 2.45) is 0 Å². The van der Waals surface area contributed by atoms with Gasteiger partial charge >= 0.3 is 0 Å². The maximum absolute atomic E-state index is 11.3. The third-order valence-corrected chi connectivity index (χ3v) is 5.75. The van der Waals surface area contributed by atoms with Crippen LogP contribution in [-0.4, -0.2) is 36.9 Å². The van der Waals surface area contributed by atoms with Gasteiger partial charge in [-0.3, -0.25) is 0 Å². The fraction of sp³-hybridized carbons (Fsp3) is 0.455. The largest absolute Gasteiger partial charge is 0.391 e. The van der Waals surface area contributed by atoms with E-state index in [0.717, 1.165) is 11.2 Å². The fourth-order valence-corrected chi connectivity index (χ4v) is 3.27. The van der Waals surface area contributed by atoms with Gasteiger partial charge in [0.2, 0.25) is 0 Å². The van der Waals surface area contributed by atoms with E-state index >= 15 is 0 Å². The van der Waals surface area contributed by atoms with Gasteiger partial charge in [-0.15, -0.1) is 11.8 Å². The lowest BCUT2D eigenvalue weighted by atomic mass is 10.3. The molecule has 0 amide bonds. The monoisotopic (exact) mass is 294 g/mol. The van der Waals surface area contributed by atoms with Crippen molar-refractivity contribution in [2.45, 2.75) is 23.2 Å². The minimum absolute atomic E-state index is 0.304. The van der Waals surface area contributed by atoms with Crippen LogP contribution < -0.4 is 0 Å². The predicted molar refractivity (Wildman–Crippen MR) is 72.5 cm³/mol. The first-order chi connectivity index (χ1) is 7.82. The van der Waals surface area contributed by atoms with E-state index in [9.17, 15) is 13.5 Å². The van der Waals surface area contributed by atoms with Gasteiger partial charge in [0.05, 0.1) is 16.4 Å². The van der Waals surface area contributed by atoms with Crippen LogP contribution in [-0.2, 0) is 9.84 Å². The topological polar surface area (TPSA) is 54.4 Å². The molecule has 0 aliphatic carbocycles. The van der Waals surface area contributed by atoms with Gasteiger partial charge in [-0.25, -0.2) is 8.42 Å². The van der Waals surface area contributed by atoms with Crippen molar-refractivity contribution in [2.75, 3.05) is 12.0 Å². The Morgan fingerprint density at radius 2 is 2.00 bits per heavy atom. The zero-order valence-electron chi connectivity index (χ0n) is 9.63. The second-order valence-corrected chi connectivity index (χ2v) is 7.72. The van der Waals surface area contributed by atoms with Gasteiger partial charge in [0.1, 0.15) is 0 Å². The molecule has 0 aliphatic heterocycles. The lowest BCUT2D eigenvalue weighted by molar-refractivity contribution is 0.197. The third kappa shape index (κ3) is 4.50. The van der Waals surface area contributed by atoms with Crippen LogP contribution >= 0.6 is 23.4 Å². The number of aliphatic hydroxyl groups excluding tert-OH is 1. The van der Waals surface area contributed by atoms with Gasteiger partial charge in [0.25, 0.3) is 0 Å². The van der Waals surface area contributed by atoms with Crippen LogP contribution in [0.1, 0.15) is 6.92 Å². The molecule has 1 N–H and O–H groups in total. The average Bonchev–Trinajstić information content (AvgIpc) is 2.25. The van der Waals surface area contributed by atoms with Crippen LogP contribution in [0.25, 0.3) is 0 Å². The van der Waals surface area contributed by atoms with Crippen molar-refractivity contribution < 1.29 is 13.5 Å². The minimum Gasteiger partial charge on any atom is -0.391 e. The molecule has 0 radical (unpaired) electrons. The normalized spacial score (nSPS) is 15.5. The van der Waals surface area contributed by atoms with E-state index in [1.54, 1.807) is 6.07 Å². The van der Waals surface area contributed by atoms with E-state index in [2.05, 4.69) is 0 Å². The molecular formula is C11H15ClO3S2. The number of benzene rings is 1. The molecule has 2 atom stereocenters. The summed E-state index contributed by atoms with van der Waals surface area (Å²) in [7, 11) is -3.21. The number of sulfone groups is 1. The Kier molecular flexibility index (Phi) is 5.31. The number of thioether (sulfide) groups is 1.